The summed E-state index contributed by atoms with van der Waals surface area (Å²) in [5.41, 5.74) is 8.14. The van der Waals surface area contributed by atoms with Crippen molar-refractivity contribution in [3.05, 3.63) is 30.5 Å². The van der Waals surface area contributed by atoms with E-state index in [4.69, 9.17) is 10.5 Å². The Bertz CT molecular complexity index is 992. The van der Waals surface area contributed by atoms with Crippen LogP contribution in [0.15, 0.2) is 30.5 Å². The van der Waals surface area contributed by atoms with Gasteiger partial charge in [0, 0.05) is 18.4 Å². The molecule has 0 saturated carbocycles. The minimum absolute atomic E-state index is 0.0517. The number of aldehydes is 1. The first-order valence-electron chi connectivity index (χ1n) is 8.38. The molecule has 0 radical (unpaired) electrons. The van der Waals surface area contributed by atoms with Gasteiger partial charge in [-0.15, -0.1) is 0 Å². The van der Waals surface area contributed by atoms with E-state index >= 15 is 0 Å². The molecule has 3 N–H and O–H groups in total. The molecule has 3 aromatic rings. The number of nitrogen functional groups attached to an aromatic ring is 1. The van der Waals surface area contributed by atoms with Crippen LogP contribution in [0, 0.1) is 0 Å². The van der Waals surface area contributed by atoms with E-state index in [0.717, 1.165) is 0 Å². The molecule has 1 amide bonds. The average Bonchev–Trinajstić information content (AvgIpc) is 2.67. The largest absolute Gasteiger partial charge is 0.476 e. The van der Waals surface area contributed by atoms with Crippen LogP contribution in [0.3, 0.4) is 0 Å². The SMILES string of the molecule is CCOc1nc(N)nc2ncc(-c3ccccc3NC(=O)CCC=O)nc12. The van der Waals surface area contributed by atoms with Crippen molar-refractivity contribution >= 4 is 35.0 Å². The van der Waals surface area contributed by atoms with Crippen LogP contribution in [0.25, 0.3) is 22.4 Å². The third-order valence-electron chi connectivity index (χ3n) is 3.64. The Kier molecular flexibility index (Phi) is 5.50. The Balaban J connectivity index is 2.02. The Morgan fingerprint density at radius 3 is 2.85 bits per heavy atom. The molecule has 2 heterocycles. The summed E-state index contributed by atoms with van der Waals surface area (Å²) in [5.74, 6) is 0.0482. The first kappa shape index (κ1) is 18.2. The van der Waals surface area contributed by atoms with Crippen molar-refractivity contribution in [1.29, 1.82) is 0 Å². The number of nitrogens with one attached hydrogen (secondary N) is 1. The lowest BCUT2D eigenvalue weighted by Gasteiger charge is -2.11. The third-order valence-corrected chi connectivity index (χ3v) is 3.64. The van der Waals surface area contributed by atoms with Crippen molar-refractivity contribution in [2.24, 2.45) is 0 Å². The van der Waals surface area contributed by atoms with Gasteiger partial charge in [0.05, 0.1) is 24.2 Å². The second kappa shape index (κ2) is 8.17. The summed E-state index contributed by atoms with van der Waals surface area (Å²) in [6.45, 7) is 2.21. The Hall–Kier alpha value is -3.62. The molecule has 0 fully saturated rings. The minimum atomic E-state index is -0.255. The Morgan fingerprint density at radius 2 is 2.07 bits per heavy atom. The van der Waals surface area contributed by atoms with Crippen molar-refractivity contribution in [2.75, 3.05) is 17.7 Å². The number of hydrogen-bond donors (Lipinski definition) is 2. The second-order valence-corrected chi connectivity index (χ2v) is 5.55. The molecular formula is C18H18N6O3. The molecule has 27 heavy (non-hydrogen) atoms. The topological polar surface area (TPSA) is 133 Å². The van der Waals surface area contributed by atoms with Crippen LogP contribution in [-0.4, -0.2) is 38.7 Å². The molecule has 0 aliphatic rings. The fraction of sp³-hybridized carbons (Fsp3) is 0.222. The number of amides is 1. The Labute approximate surface area is 155 Å². The first-order chi connectivity index (χ1) is 13.1. The summed E-state index contributed by atoms with van der Waals surface area (Å²) in [4.78, 5) is 39.4. The quantitative estimate of drug-likeness (QED) is 0.606. The van der Waals surface area contributed by atoms with Gasteiger partial charge in [-0.3, -0.25) is 4.79 Å². The number of hydrogen-bond acceptors (Lipinski definition) is 8. The van der Waals surface area contributed by atoms with E-state index < -0.39 is 0 Å². The van der Waals surface area contributed by atoms with Gasteiger partial charge >= 0.3 is 0 Å². The number of benzene rings is 1. The van der Waals surface area contributed by atoms with Gasteiger partial charge in [-0.1, -0.05) is 18.2 Å². The van der Waals surface area contributed by atoms with Gasteiger partial charge < -0.3 is 20.6 Å². The predicted molar refractivity (Wildman–Crippen MR) is 100 cm³/mol. The molecule has 1 aromatic carbocycles. The standard InChI is InChI=1S/C18H18N6O3/c1-2-27-17-15-16(23-18(19)24-17)20-10-13(22-15)11-6-3-4-7-12(11)21-14(26)8-5-9-25/h3-4,6-7,9-10H,2,5,8H2,1H3,(H,21,26)(H2,19,20,23,24). The van der Waals surface area contributed by atoms with Crippen LogP contribution >= 0.6 is 0 Å². The fourth-order valence-corrected chi connectivity index (χ4v) is 2.48. The maximum Gasteiger partial charge on any atom is 0.247 e. The molecular weight excluding hydrogens is 348 g/mol. The van der Waals surface area contributed by atoms with Gasteiger partial charge in [0.1, 0.15) is 6.29 Å². The summed E-state index contributed by atoms with van der Waals surface area (Å²) in [6.07, 6.45) is 2.53. The van der Waals surface area contributed by atoms with Crippen molar-refractivity contribution < 1.29 is 14.3 Å². The maximum absolute atomic E-state index is 12.0. The van der Waals surface area contributed by atoms with E-state index in [2.05, 4.69) is 25.3 Å². The highest BCUT2D eigenvalue weighted by atomic mass is 16.5. The molecule has 3 rings (SSSR count). The number of carbonyl (C=O) groups excluding carboxylic acids is 2. The summed E-state index contributed by atoms with van der Waals surface area (Å²) in [7, 11) is 0. The molecule has 0 saturated heterocycles. The van der Waals surface area contributed by atoms with Crippen LogP contribution in [0.4, 0.5) is 11.6 Å². The van der Waals surface area contributed by atoms with E-state index in [1.807, 2.05) is 19.1 Å². The van der Waals surface area contributed by atoms with E-state index in [9.17, 15) is 9.59 Å². The van der Waals surface area contributed by atoms with Gasteiger partial charge in [-0.25, -0.2) is 9.97 Å². The molecule has 0 bridgehead atoms. The zero-order valence-electron chi connectivity index (χ0n) is 14.7. The third kappa shape index (κ3) is 4.14. The van der Waals surface area contributed by atoms with Crippen molar-refractivity contribution in [2.45, 2.75) is 19.8 Å². The van der Waals surface area contributed by atoms with Gasteiger partial charge in [0.2, 0.25) is 17.7 Å². The van der Waals surface area contributed by atoms with E-state index in [0.29, 0.717) is 41.0 Å². The number of aromatic nitrogens is 4. The van der Waals surface area contributed by atoms with Crippen LogP contribution in [0.1, 0.15) is 19.8 Å². The lowest BCUT2D eigenvalue weighted by molar-refractivity contribution is -0.118. The molecule has 0 unspecified atom stereocenters. The van der Waals surface area contributed by atoms with E-state index in [1.54, 1.807) is 18.3 Å². The van der Waals surface area contributed by atoms with Gasteiger partial charge in [-0.2, -0.15) is 9.97 Å². The van der Waals surface area contributed by atoms with E-state index in [-0.39, 0.29) is 30.6 Å². The molecule has 2 aromatic heterocycles. The lowest BCUT2D eigenvalue weighted by Crippen LogP contribution is -2.12. The van der Waals surface area contributed by atoms with Gasteiger partial charge in [0.15, 0.2) is 11.2 Å². The van der Waals surface area contributed by atoms with Crippen LogP contribution in [0.5, 0.6) is 5.88 Å². The number of nitrogens with zero attached hydrogens (tertiary/aromatic N) is 4. The number of nitrogens with two attached hydrogens (primary N) is 1. The fourth-order valence-electron chi connectivity index (χ4n) is 2.48. The lowest BCUT2D eigenvalue weighted by atomic mass is 10.1. The van der Waals surface area contributed by atoms with Crippen molar-refractivity contribution in [1.82, 2.24) is 19.9 Å². The molecule has 9 nitrogen and oxygen atoms in total. The van der Waals surface area contributed by atoms with Crippen LogP contribution < -0.4 is 15.8 Å². The monoisotopic (exact) mass is 366 g/mol. The highest BCUT2D eigenvalue weighted by Crippen LogP contribution is 2.29. The summed E-state index contributed by atoms with van der Waals surface area (Å²) in [6, 6.07) is 7.18. The summed E-state index contributed by atoms with van der Waals surface area (Å²) < 4.78 is 5.49. The molecule has 138 valence electrons. The maximum atomic E-state index is 12.0. The van der Waals surface area contributed by atoms with E-state index in [1.165, 1.54) is 0 Å². The van der Waals surface area contributed by atoms with Crippen LogP contribution in [-0.2, 0) is 9.59 Å². The number of carbonyl (C=O) groups is 2. The number of fused-ring (bicyclic) bond motifs is 1. The molecule has 9 heteroatoms. The first-order valence-corrected chi connectivity index (χ1v) is 8.38. The number of ether oxygens (including phenoxy) is 1. The smallest absolute Gasteiger partial charge is 0.247 e. The molecule has 0 spiro atoms. The number of para-hydroxylation sites is 1. The molecule has 0 aliphatic carbocycles. The normalized spacial score (nSPS) is 10.6. The molecule has 0 aliphatic heterocycles. The average molecular weight is 366 g/mol. The zero-order valence-corrected chi connectivity index (χ0v) is 14.7. The second-order valence-electron chi connectivity index (χ2n) is 5.55. The highest BCUT2D eigenvalue weighted by Gasteiger charge is 2.14. The van der Waals surface area contributed by atoms with Gasteiger partial charge in [0.25, 0.3) is 0 Å². The number of anilines is 2. The van der Waals surface area contributed by atoms with Gasteiger partial charge in [-0.05, 0) is 13.0 Å². The van der Waals surface area contributed by atoms with Crippen molar-refractivity contribution in [3.63, 3.8) is 0 Å². The number of rotatable bonds is 7. The Morgan fingerprint density at radius 1 is 1.26 bits per heavy atom. The molecule has 0 atom stereocenters. The summed E-state index contributed by atoms with van der Waals surface area (Å²) >= 11 is 0. The minimum Gasteiger partial charge on any atom is -0.476 e. The summed E-state index contributed by atoms with van der Waals surface area (Å²) in [5, 5.41) is 2.79. The highest BCUT2D eigenvalue weighted by molar-refractivity contribution is 5.96. The zero-order chi connectivity index (χ0) is 19.2. The predicted octanol–water partition coefficient (Wildman–Crippen LogP) is 1.99. The van der Waals surface area contributed by atoms with Crippen LogP contribution in [0.2, 0.25) is 0 Å². The van der Waals surface area contributed by atoms with Crippen molar-refractivity contribution in [3.8, 4) is 17.1 Å².